The average Bonchev–Trinajstić information content (AvgIpc) is 2.75. The molecular formula is C15H19FN2O. The van der Waals surface area contributed by atoms with Gasteiger partial charge in [0.2, 0.25) is 0 Å². The molecule has 19 heavy (non-hydrogen) atoms. The minimum Gasteiger partial charge on any atom is -0.490 e. The van der Waals surface area contributed by atoms with Gasteiger partial charge in [0.05, 0.1) is 6.07 Å². The molecule has 0 amide bonds. The predicted molar refractivity (Wildman–Crippen MR) is 71.3 cm³/mol. The van der Waals surface area contributed by atoms with E-state index in [2.05, 4.69) is 11.4 Å². The lowest BCUT2D eigenvalue weighted by molar-refractivity contribution is 0.199. The molecule has 4 heteroatoms. The Morgan fingerprint density at radius 3 is 2.68 bits per heavy atom. The summed E-state index contributed by atoms with van der Waals surface area (Å²) in [6, 6.07) is 8.66. The van der Waals surface area contributed by atoms with E-state index in [1.807, 2.05) is 13.8 Å². The zero-order valence-electron chi connectivity index (χ0n) is 11.3. The van der Waals surface area contributed by atoms with Crippen LogP contribution >= 0.6 is 0 Å². The van der Waals surface area contributed by atoms with Crippen LogP contribution in [0.15, 0.2) is 24.3 Å². The molecule has 0 aliphatic heterocycles. The first-order chi connectivity index (χ1) is 9.03. The third-order valence-corrected chi connectivity index (χ3v) is 3.36. The van der Waals surface area contributed by atoms with Crippen molar-refractivity contribution < 1.29 is 9.13 Å². The van der Waals surface area contributed by atoms with Crippen molar-refractivity contribution in [3.63, 3.8) is 0 Å². The van der Waals surface area contributed by atoms with E-state index in [1.54, 1.807) is 12.1 Å². The fourth-order valence-electron chi connectivity index (χ4n) is 2.62. The van der Waals surface area contributed by atoms with Gasteiger partial charge in [-0.05, 0) is 51.0 Å². The Kier molecular flexibility index (Phi) is 4.06. The summed E-state index contributed by atoms with van der Waals surface area (Å²) in [5, 5.41) is 12.7. The summed E-state index contributed by atoms with van der Waals surface area (Å²) < 4.78 is 18.6. The highest BCUT2D eigenvalue weighted by atomic mass is 19.1. The lowest BCUT2D eigenvalue weighted by Crippen LogP contribution is -2.46. The molecule has 0 radical (unpaired) electrons. The second kappa shape index (κ2) is 5.58. The number of ether oxygens (including phenoxy) is 1. The Bertz CT molecular complexity index is 466. The van der Waals surface area contributed by atoms with Gasteiger partial charge < -0.3 is 4.74 Å². The highest BCUT2D eigenvalue weighted by Crippen LogP contribution is 2.32. The van der Waals surface area contributed by atoms with Crippen molar-refractivity contribution in [2.45, 2.75) is 50.8 Å². The van der Waals surface area contributed by atoms with Gasteiger partial charge in [0.1, 0.15) is 23.2 Å². The molecule has 0 spiro atoms. The number of hydrogen-bond acceptors (Lipinski definition) is 3. The molecule has 1 aliphatic carbocycles. The van der Waals surface area contributed by atoms with E-state index in [-0.39, 0.29) is 18.0 Å². The summed E-state index contributed by atoms with van der Waals surface area (Å²) in [7, 11) is 0. The van der Waals surface area contributed by atoms with Crippen molar-refractivity contribution in [3.05, 3.63) is 30.1 Å². The highest BCUT2D eigenvalue weighted by Gasteiger charge is 2.40. The molecule has 0 saturated heterocycles. The van der Waals surface area contributed by atoms with Crippen LogP contribution in [0, 0.1) is 17.1 Å². The van der Waals surface area contributed by atoms with E-state index >= 15 is 0 Å². The summed E-state index contributed by atoms with van der Waals surface area (Å²) >= 11 is 0. The smallest absolute Gasteiger partial charge is 0.123 e. The van der Waals surface area contributed by atoms with Crippen LogP contribution in [0.25, 0.3) is 0 Å². The minimum atomic E-state index is -0.487. The molecule has 1 aliphatic rings. The van der Waals surface area contributed by atoms with Crippen LogP contribution in [0.1, 0.15) is 33.1 Å². The first kappa shape index (κ1) is 13.8. The van der Waals surface area contributed by atoms with Gasteiger partial charge in [-0.1, -0.05) is 0 Å². The second-order valence-corrected chi connectivity index (χ2v) is 5.43. The van der Waals surface area contributed by atoms with Gasteiger partial charge in [0, 0.05) is 12.5 Å². The third kappa shape index (κ3) is 3.45. The zero-order valence-corrected chi connectivity index (χ0v) is 11.3. The van der Waals surface area contributed by atoms with E-state index in [4.69, 9.17) is 4.74 Å². The molecule has 1 N–H and O–H groups in total. The minimum absolute atomic E-state index is 0.0105. The van der Waals surface area contributed by atoms with Crippen molar-refractivity contribution in [3.8, 4) is 11.8 Å². The fourth-order valence-corrected chi connectivity index (χ4v) is 2.62. The lowest BCUT2D eigenvalue weighted by Gasteiger charge is -2.25. The number of benzene rings is 1. The van der Waals surface area contributed by atoms with E-state index in [9.17, 15) is 9.65 Å². The quantitative estimate of drug-likeness (QED) is 0.907. The Morgan fingerprint density at radius 1 is 1.42 bits per heavy atom. The number of nitrogens with one attached hydrogen (secondary N) is 1. The molecule has 1 saturated carbocycles. The topological polar surface area (TPSA) is 45.0 Å². The molecule has 1 fully saturated rings. The van der Waals surface area contributed by atoms with E-state index in [1.165, 1.54) is 12.1 Å². The van der Waals surface area contributed by atoms with Crippen LogP contribution in [-0.2, 0) is 0 Å². The summed E-state index contributed by atoms with van der Waals surface area (Å²) in [6.45, 7) is 4.07. The van der Waals surface area contributed by atoms with Crippen LogP contribution in [0.5, 0.6) is 5.75 Å². The average molecular weight is 262 g/mol. The van der Waals surface area contributed by atoms with Crippen molar-refractivity contribution in [2.75, 3.05) is 0 Å². The normalized spacial score (nSPS) is 26.4. The molecule has 1 aromatic rings. The van der Waals surface area contributed by atoms with Crippen LogP contribution in [0.2, 0.25) is 0 Å². The van der Waals surface area contributed by atoms with Crippen molar-refractivity contribution >= 4 is 0 Å². The van der Waals surface area contributed by atoms with Gasteiger partial charge in [-0.25, -0.2) is 4.39 Å². The van der Waals surface area contributed by atoms with Crippen LogP contribution in [-0.4, -0.2) is 17.7 Å². The Morgan fingerprint density at radius 2 is 2.11 bits per heavy atom. The van der Waals surface area contributed by atoms with E-state index in [0.29, 0.717) is 12.2 Å². The first-order valence-electron chi connectivity index (χ1n) is 6.64. The molecule has 2 rings (SSSR count). The molecule has 1 aromatic carbocycles. The van der Waals surface area contributed by atoms with Gasteiger partial charge in [-0.3, -0.25) is 5.32 Å². The van der Waals surface area contributed by atoms with E-state index in [0.717, 1.165) is 12.8 Å². The molecule has 2 unspecified atom stereocenters. The molecule has 3 nitrogen and oxygen atoms in total. The van der Waals surface area contributed by atoms with Gasteiger partial charge in [0.25, 0.3) is 0 Å². The second-order valence-electron chi connectivity index (χ2n) is 5.43. The molecule has 0 aromatic heterocycles. The number of rotatable bonds is 4. The maximum atomic E-state index is 12.8. The number of halogens is 1. The Labute approximate surface area is 113 Å². The maximum absolute atomic E-state index is 12.8. The van der Waals surface area contributed by atoms with Crippen molar-refractivity contribution in [1.29, 1.82) is 5.26 Å². The van der Waals surface area contributed by atoms with E-state index < -0.39 is 5.54 Å². The van der Waals surface area contributed by atoms with Crippen molar-refractivity contribution in [2.24, 2.45) is 0 Å². The van der Waals surface area contributed by atoms with Crippen LogP contribution in [0.4, 0.5) is 4.39 Å². The molecule has 2 atom stereocenters. The first-order valence-corrected chi connectivity index (χ1v) is 6.64. The summed E-state index contributed by atoms with van der Waals surface area (Å²) in [6.07, 6.45) is 2.30. The molecular weight excluding hydrogens is 243 g/mol. The predicted octanol–water partition coefficient (Wildman–Crippen LogP) is 3.02. The van der Waals surface area contributed by atoms with Gasteiger partial charge in [0.15, 0.2) is 0 Å². The summed E-state index contributed by atoms with van der Waals surface area (Å²) in [5.74, 6) is 0.385. The van der Waals surface area contributed by atoms with Crippen LogP contribution in [0.3, 0.4) is 0 Å². The van der Waals surface area contributed by atoms with Crippen molar-refractivity contribution in [1.82, 2.24) is 5.32 Å². The third-order valence-electron chi connectivity index (χ3n) is 3.36. The standard InChI is InChI=1S/C15H19FN2O/c1-11(2)18-15(10-17)8-7-14(9-15)19-13-5-3-12(16)4-6-13/h3-6,11,14,18H,7-9H2,1-2H3. The maximum Gasteiger partial charge on any atom is 0.123 e. The number of nitriles is 1. The van der Waals surface area contributed by atoms with Gasteiger partial charge in [-0.15, -0.1) is 0 Å². The van der Waals surface area contributed by atoms with Gasteiger partial charge >= 0.3 is 0 Å². The SMILES string of the molecule is CC(C)NC1(C#N)CCC(Oc2ccc(F)cc2)C1. The monoisotopic (exact) mass is 262 g/mol. The fraction of sp³-hybridized carbons (Fsp3) is 0.533. The molecule has 102 valence electrons. The highest BCUT2D eigenvalue weighted by molar-refractivity contribution is 5.23. The number of hydrogen-bond donors (Lipinski definition) is 1. The largest absolute Gasteiger partial charge is 0.490 e. The Balaban J connectivity index is 1.98. The Hall–Kier alpha value is -1.60. The summed E-state index contributed by atoms with van der Waals surface area (Å²) in [4.78, 5) is 0. The van der Waals surface area contributed by atoms with Gasteiger partial charge in [-0.2, -0.15) is 5.26 Å². The zero-order chi connectivity index (χ0) is 13.9. The number of nitrogens with zero attached hydrogens (tertiary/aromatic N) is 1. The molecule has 0 bridgehead atoms. The molecule has 0 heterocycles. The summed E-state index contributed by atoms with van der Waals surface area (Å²) in [5.41, 5.74) is -0.487. The van der Waals surface area contributed by atoms with Crippen LogP contribution < -0.4 is 10.1 Å². The lowest BCUT2D eigenvalue weighted by atomic mass is 9.98.